The van der Waals surface area contributed by atoms with E-state index in [0.29, 0.717) is 34.1 Å². The number of ether oxygens (including phenoxy) is 2. The topological polar surface area (TPSA) is 119 Å². The number of carbonyl (C=O) groups is 1. The van der Waals surface area contributed by atoms with Crippen molar-refractivity contribution in [2.24, 2.45) is 5.41 Å². The highest BCUT2D eigenvalue weighted by Crippen LogP contribution is 2.43. The third-order valence-electron chi connectivity index (χ3n) is 5.63. The maximum Gasteiger partial charge on any atom is 0.296 e. The number of aryl methyl sites for hydroxylation is 1. The van der Waals surface area contributed by atoms with Crippen LogP contribution in [0, 0.1) is 12.3 Å². The first-order chi connectivity index (χ1) is 15.2. The highest BCUT2D eigenvalue weighted by molar-refractivity contribution is 7.17. The van der Waals surface area contributed by atoms with Gasteiger partial charge in [-0.1, -0.05) is 30.5 Å². The zero-order valence-corrected chi connectivity index (χ0v) is 19.5. The molecule has 3 aromatic heterocycles. The number of aliphatic hydroxyl groups is 1. The number of nitrogens with one attached hydrogen (secondary N) is 1. The first kappa shape index (κ1) is 22.4. The van der Waals surface area contributed by atoms with E-state index in [0.717, 1.165) is 17.0 Å². The average Bonchev–Trinajstić information content (AvgIpc) is 3.20. The fourth-order valence-electron chi connectivity index (χ4n) is 3.41. The van der Waals surface area contributed by atoms with Gasteiger partial charge in [-0.25, -0.2) is 4.98 Å². The molecule has 1 amide bonds. The van der Waals surface area contributed by atoms with Gasteiger partial charge in [0.05, 0.1) is 25.0 Å². The molecule has 32 heavy (non-hydrogen) atoms. The maximum atomic E-state index is 13.1. The lowest BCUT2D eigenvalue weighted by atomic mass is 9.66. The van der Waals surface area contributed by atoms with Crippen LogP contribution in [0.5, 0.6) is 10.9 Å². The van der Waals surface area contributed by atoms with Crippen LogP contribution in [0.15, 0.2) is 24.5 Å². The number of pyridine rings is 2. The second kappa shape index (κ2) is 8.61. The van der Waals surface area contributed by atoms with Gasteiger partial charge in [0.25, 0.3) is 11.1 Å². The quantitative estimate of drug-likeness (QED) is 0.517. The minimum atomic E-state index is -0.412. The van der Waals surface area contributed by atoms with Gasteiger partial charge in [0.1, 0.15) is 17.0 Å². The Morgan fingerprint density at radius 2 is 2.03 bits per heavy atom. The molecule has 1 aliphatic carbocycles. The molecule has 0 unspecified atom stereocenters. The van der Waals surface area contributed by atoms with Crippen molar-refractivity contribution < 1.29 is 19.4 Å². The molecule has 2 atom stereocenters. The smallest absolute Gasteiger partial charge is 0.296 e. The molecular weight excluding hydrogens is 454 g/mol. The molecule has 0 aliphatic heterocycles. The van der Waals surface area contributed by atoms with Crippen molar-refractivity contribution in [1.82, 2.24) is 20.2 Å². The summed E-state index contributed by atoms with van der Waals surface area (Å²) in [5.41, 5.74) is 1.90. The summed E-state index contributed by atoms with van der Waals surface area (Å²) in [5.74, 6) is 0.0653. The minimum Gasteiger partial charge on any atom is -0.494 e. The van der Waals surface area contributed by atoms with Crippen LogP contribution < -0.4 is 14.8 Å². The number of anilines is 1. The van der Waals surface area contributed by atoms with Crippen LogP contribution in [0.2, 0.25) is 5.15 Å². The maximum absolute atomic E-state index is 13.1. The van der Waals surface area contributed by atoms with Gasteiger partial charge in [0.2, 0.25) is 5.13 Å². The highest BCUT2D eigenvalue weighted by atomic mass is 35.5. The number of carbonyl (C=O) groups excluding carboxylic acids is 1. The zero-order chi connectivity index (χ0) is 23.0. The number of hydrogen-bond acceptors (Lipinski definition) is 9. The Morgan fingerprint density at radius 1 is 1.25 bits per heavy atom. The Balaban J connectivity index is 1.57. The van der Waals surface area contributed by atoms with E-state index < -0.39 is 12.0 Å². The SMILES string of the molecule is COc1cnc(Cl)cc1-c1cc(C)ncc1C(=O)Nc1nnc(O[C@H]2C[C@@H](O)C2(C)C)s1. The van der Waals surface area contributed by atoms with Gasteiger partial charge in [0, 0.05) is 34.9 Å². The van der Waals surface area contributed by atoms with Gasteiger partial charge in [-0.05, 0) is 30.4 Å². The van der Waals surface area contributed by atoms with Gasteiger partial charge >= 0.3 is 0 Å². The number of nitrogens with zero attached hydrogens (tertiary/aromatic N) is 4. The second-order valence-electron chi connectivity index (χ2n) is 8.09. The summed E-state index contributed by atoms with van der Waals surface area (Å²) in [6.45, 7) is 5.69. The molecule has 1 fully saturated rings. The van der Waals surface area contributed by atoms with E-state index in [1.807, 2.05) is 20.8 Å². The summed E-state index contributed by atoms with van der Waals surface area (Å²) in [7, 11) is 1.52. The predicted octanol–water partition coefficient (Wildman–Crippen LogP) is 3.76. The molecule has 3 aromatic rings. The fourth-order valence-corrected chi connectivity index (χ4v) is 4.21. The van der Waals surface area contributed by atoms with Gasteiger partial charge in [0.15, 0.2) is 0 Å². The molecule has 3 heterocycles. The van der Waals surface area contributed by atoms with Crippen LogP contribution in [0.1, 0.15) is 36.3 Å². The molecular formula is C21H22ClN5O4S. The fraction of sp³-hybridized carbons (Fsp3) is 0.381. The van der Waals surface area contributed by atoms with Crippen molar-refractivity contribution >= 4 is 34.0 Å². The standard InChI is InChI=1S/C21H22ClN5O4S/c1-10-5-11(12-6-17(22)24-9-14(12)30-4)13(8-23-10)18(29)25-19-26-27-20(32-19)31-16-7-15(28)21(16,2)3/h5-6,8-9,15-16,28H,7H2,1-4H3,(H,25,26,29)/t15-,16+/m1/s1. The first-order valence-corrected chi connectivity index (χ1v) is 11.0. The third kappa shape index (κ3) is 4.25. The summed E-state index contributed by atoms with van der Waals surface area (Å²) >= 11 is 7.20. The van der Waals surface area contributed by atoms with Crippen molar-refractivity contribution in [2.75, 3.05) is 12.4 Å². The molecule has 1 saturated carbocycles. The molecule has 0 aromatic carbocycles. The summed E-state index contributed by atoms with van der Waals surface area (Å²) in [6, 6.07) is 3.42. The monoisotopic (exact) mass is 475 g/mol. The van der Waals surface area contributed by atoms with Gasteiger partial charge in [-0.15, -0.1) is 5.10 Å². The second-order valence-corrected chi connectivity index (χ2v) is 9.41. The van der Waals surface area contributed by atoms with Crippen molar-refractivity contribution in [3.63, 3.8) is 0 Å². The molecule has 4 rings (SSSR count). The third-order valence-corrected chi connectivity index (χ3v) is 6.56. The van der Waals surface area contributed by atoms with Crippen molar-refractivity contribution in [1.29, 1.82) is 0 Å². The largest absolute Gasteiger partial charge is 0.494 e. The molecule has 0 spiro atoms. The van der Waals surface area contributed by atoms with E-state index in [1.54, 1.807) is 12.1 Å². The van der Waals surface area contributed by atoms with E-state index in [9.17, 15) is 9.90 Å². The summed E-state index contributed by atoms with van der Waals surface area (Å²) in [5, 5.41) is 21.5. The van der Waals surface area contributed by atoms with Crippen molar-refractivity contribution in [3.05, 3.63) is 40.9 Å². The number of methoxy groups -OCH3 is 1. The lowest BCUT2D eigenvalue weighted by Gasteiger charge is -2.47. The number of aliphatic hydroxyl groups excluding tert-OH is 1. The predicted molar refractivity (Wildman–Crippen MR) is 120 cm³/mol. The zero-order valence-electron chi connectivity index (χ0n) is 17.9. The van der Waals surface area contributed by atoms with E-state index in [-0.39, 0.29) is 21.8 Å². The molecule has 1 aliphatic rings. The Labute approximate surface area is 193 Å². The van der Waals surface area contributed by atoms with Crippen LogP contribution >= 0.6 is 22.9 Å². The van der Waals surface area contributed by atoms with E-state index in [1.165, 1.54) is 19.5 Å². The summed E-state index contributed by atoms with van der Waals surface area (Å²) in [4.78, 5) is 21.4. The number of halogens is 1. The number of aromatic nitrogens is 4. The van der Waals surface area contributed by atoms with Crippen LogP contribution in [-0.4, -0.2) is 50.5 Å². The Kier molecular flexibility index (Phi) is 6.02. The Bertz CT molecular complexity index is 1170. The van der Waals surface area contributed by atoms with E-state index in [4.69, 9.17) is 21.1 Å². The van der Waals surface area contributed by atoms with Crippen LogP contribution in [0.3, 0.4) is 0 Å². The molecule has 168 valence electrons. The first-order valence-electron chi connectivity index (χ1n) is 9.85. The number of amides is 1. The molecule has 0 saturated heterocycles. The molecule has 2 N–H and O–H groups in total. The van der Waals surface area contributed by atoms with Gasteiger partial charge in [-0.2, -0.15) is 0 Å². The molecule has 0 radical (unpaired) electrons. The van der Waals surface area contributed by atoms with E-state index >= 15 is 0 Å². The number of hydrogen-bond donors (Lipinski definition) is 2. The Morgan fingerprint density at radius 3 is 2.72 bits per heavy atom. The van der Waals surface area contributed by atoms with Gasteiger partial charge in [-0.3, -0.25) is 15.1 Å². The van der Waals surface area contributed by atoms with Gasteiger partial charge < -0.3 is 14.6 Å². The highest BCUT2D eigenvalue weighted by Gasteiger charge is 2.49. The Hall–Kier alpha value is -2.82. The summed E-state index contributed by atoms with van der Waals surface area (Å²) < 4.78 is 11.2. The lowest BCUT2D eigenvalue weighted by molar-refractivity contribution is -0.134. The molecule has 0 bridgehead atoms. The van der Waals surface area contributed by atoms with Crippen LogP contribution in [0.4, 0.5) is 5.13 Å². The normalized spacial score (nSPS) is 19.2. The van der Waals surface area contributed by atoms with E-state index in [2.05, 4.69) is 25.5 Å². The van der Waals surface area contributed by atoms with Crippen LogP contribution in [-0.2, 0) is 0 Å². The minimum absolute atomic E-state index is 0.161. The number of rotatable bonds is 6. The average molecular weight is 476 g/mol. The summed E-state index contributed by atoms with van der Waals surface area (Å²) in [6.07, 6.45) is 2.95. The van der Waals surface area contributed by atoms with Crippen molar-refractivity contribution in [3.8, 4) is 22.1 Å². The molecule has 11 heteroatoms. The molecule has 9 nitrogen and oxygen atoms in total. The van der Waals surface area contributed by atoms with Crippen LogP contribution in [0.25, 0.3) is 11.1 Å². The lowest BCUT2D eigenvalue weighted by Crippen LogP contribution is -2.56. The van der Waals surface area contributed by atoms with Crippen molar-refractivity contribution in [2.45, 2.75) is 39.4 Å².